The molecule has 1 aromatic carbocycles. The summed E-state index contributed by atoms with van der Waals surface area (Å²) in [5.74, 6) is 0.481. The van der Waals surface area contributed by atoms with E-state index in [1.54, 1.807) is 20.7 Å². The fraction of sp³-hybridized carbons (Fsp3) is 0.333. The molecule has 6 heteroatoms. The standard InChI is InChI=1S/C21H23N3O2S/c1-13-9-10-16-17(12-27-18(16)11-13)20(25)22-19-14(2)23(3)24(21(19)26)15-7-5-4-6-8-15/h4-8,12-13H,9-11H2,1-3H3,(H,22,25)/t13-/m1/s1. The molecule has 0 aliphatic heterocycles. The summed E-state index contributed by atoms with van der Waals surface area (Å²) in [7, 11) is 1.83. The smallest absolute Gasteiger partial charge is 0.295 e. The van der Waals surface area contributed by atoms with Crippen LogP contribution in [0.5, 0.6) is 0 Å². The van der Waals surface area contributed by atoms with Crippen molar-refractivity contribution in [1.82, 2.24) is 9.36 Å². The van der Waals surface area contributed by atoms with Crippen molar-refractivity contribution < 1.29 is 4.79 Å². The Bertz CT molecular complexity index is 1060. The lowest BCUT2D eigenvalue weighted by Crippen LogP contribution is -2.23. The van der Waals surface area contributed by atoms with Crippen molar-refractivity contribution in [2.45, 2.75) is 33.1 Å². The van der Waals surface area contributed by atoms with E-state index in [-0.39, 0.29) is 11.5 Å². The number of nitrogens with one attached hydrogen (secondary N) is 1. The van der Waals surface area contributed by atoms with Crippen LogP contribution in [0.15, 0.2) is 40.5 Å². The summed E-state index contributed by atoms with van der Waals surface area (Å²) in [6.07, 6.45) is 3.08. The van der Waals surface area contributed by atoms with Crippen LogP contribution in [0.1, 0.15) is 39.8 Å². The highest BCUT2D eigenvalue weighted by molar-refractivity contribution is 7.10. The topological polar surface area (TPSA) is 56.0 Å². The molecule has 1 aliphatic carbocycles. The minimum absolute atomic E-state index is 0.187. The molecule has 27 heavy (non-hydrogen) atoms. The van der Waals surface area contributed by atoms with Gasteiger partial charge in [-0.15, -0.1) is 11.3 Å². The maximum Gasteiger partial charge on any atom is 0.295 e. The molecule has 2 aromatic heterocycles. The van der Waals surface area contributed by atoms with Crippen LogP contribution in [0.4, 0.5) is 5.69 Å². The molecule has 0 saturated carbocycles. The molecule has 0 fully saturated rings. The highest BCUT2D eigenvalue weighted by Crippen LogP contribution is 2.33. The lowest BCUT2D eigenvalue weighted by atomic mass is 9.88. The summed E-state index contributed by atoms with van der Waals surface area (Å²) in [6.45, 7) is 4.10. The first-order valence-corrected chi connectivity index (χ1v) is 10.1. The molecule has 140 valence electrons. The predicted molar refractivity (Wildman–Crippen MR) is 109 cm³/mol. The zero-order valence-electron chi connectivity index (χ0n) is 15.8. The molecular weight excluding hydrogens is 358 g/mol. The van der Waals surface area contributed by atoms with Gasteiger partial charge in [-0.05, 0) is 49.8 Å². The van der Waals surface area contributed by atoms with E-state index in [9.17, 15) is 9.59 Å². The highest BCUT2D eigenvalue weighted by atomic mass is 32.1. The van der Waals surface area contributed by atoms with Crippen molar-refractivity contribution in [2.24, 2.45) is 13.0 Å². The summed E-state index contributed by atoms with van der Waals surface area (Å²) in [6, 6.07) is 9.45. The van der Waals surface area contributed by atoms with Crippen molar-refractivity contribution >= 4 is 22.9 Å². The van der Waals surface area contributed by atoms with Crippen LogP contribution < -0.4 is 10.9 Å². The third kappa shape index (κ3) is 3.04. The van der Waals surface area contributed by atoms with E-state index < -0.39 is 0 Å². The number of para-hydroxylation sites is 1. The molecule has 1 atom stereocenters. The van der Waals surface area contributed by atoms with E-state index >= 15 is 0 Å². The Balaban J connectivity index is 1.68. The highest BCUT2D eigenvalue weighted by Gasteiger charge is 2.25. The van der Waals surface area contributed by atoms with Gasteiger partial charge in [0.1, 0.15) is 5.69 Å². The number of thiophene rings is 1. The Labute approximate surface area is 162 Å². The Morgan fingerprint density at radius 1 is 1.26 bits per heavy atom. The number of carbonyl (C=O) groups excluding carboxylic acids is 1. The van der Waals surface area contributed by atoms with E-state index in [0.717, 1.165) is 41.8 Å². The van der Waals surface area contributed by atoms with Gasteiger partial charge >= 0.3 is 0 Å². The number of rotatable bonds is 3. The van der Waals surface area contributed by atoms with Crippen LogP contribution in [0.2, 0.25) is 0 Å². The zero-order valence-corrected chi connectivity index (χ0v) is 16.6. The van der Waals surface area contributed by atoms with Gasteiger partial charge in [0.05, 0.1) is 16.9 Å². The molecular formula is C21H23N3O2S. The van der Waals surface area contributed by atoms with Gasteiger partial charge in [-0.2, -0.15) is 0 Å². The molecule has 2 heterocycles. The Kier molecular flexibility index (Phi) is 4.52. The number of benzene rings is 1. The lowest BCUT2D eigenvalue weighted by Gasteiger charge is -2.18. The van der Waals surface area contributed by atoms with Crippen LogP contribution in [0.3, 0.4) is 0 Å². The molecule has 0 bridgehead atoms. The van der Waals surface area contributed by atoms with Crippen molar-refractivity contribution in [2.75, 3.05) is 5.32 Å². The maximum atomic E-state index is 13.0. The van der Waals surface area contributed by atoms with Gasteiger partial charge in [0, 0.05) is 17.3 Å². The zero-order chi connectivity index (χ0) is 19.1. The molecule has 4 rings (SSSR count). The maximum absolute atomic E-state index is 13.0. The SMILES string of the molecule is Cc1c(NC(=O)c2csc3c2CC[C@@H](C)C3)c(=O)n(-c2ccccc2)n1C. The van der Waals surface area contributed by atoms with Gasteiger partial charge in [0.15, 0.2) is 0 Å². The van der Waals surface area contributed by atoms with E-state index in [2.05, 4.69) is 12.2 Å². The van der Waals surface area contributed by atoms with Crippen molar-refractivity contribution in [3.63, 3.8) is 0 Å². The van der Waals surface area contributed by atoms with Crippen LogP contribution in [-0.4, -0.2) is 15.3 Å². The second-order valence-electron chi connectivity index (χ2n) is 7.29. The fourth-order valence-corrected chi connectivity index (χ4v) is 5.01. The number of aromatic nitrogens is 2. The van der Waals surface area contributed by atoms with Gasteiger partial charge in [-0.1, -0.05) is 25.1 Å². The van der Waals surface area contributed by atoms with E-state index in [0.29, 0.717) is 11.6 Å². The monoisotopic (exact) mass is 381 g/mol. The molecule has 3 aromatic rings. The van der Waals surface area contributed by atoms with Gasteiger partial charge < -0.3 is 5.32 Å². The Morgan fingerprint density at radius 3 is 2.74 bits per heavy atom. The van der Waals surface area contributed by atoms with Gasteiger partial charge in [-0.25, -0.2) is 4.68 Å². The summed E-state index contributed by atoms with van der Waals surface area (Å²) >= 11 is 1.66. The molecule has 1 N–H and O–H groups in total. The predicted octanol–water partition coefficient (Wildman–Crippen LogP) is 3.92. The fourth-order valence-electron chi connectivity index (χ4n) is 3.76. The van der Waals surface area contributed by atoms with Gasteiger partial charge in [0.2, 0.25) is 0 Å². The van der Waals surface area contributed by atoms with Crippen LogP contribution in [0, 0.1) is 12.8 Å². The molecule has 0 spiro atoms. The molecule has 1 aliphatic rings. The second kappa shape index (κ2) is 6.85. The molecule has 0 unspecified atom stereocenters. The van der Waals surface area contributed by atoms with Crippen LogP contribution in [0.25, 0.3) is 5.69 Å². The second-order valence-corrected chi connectivity index (χ2v) is 8.25. The molecule has 0 saturated heterocycles. The summed E-state index contributed by atoms with van der Waals surface area (Å²) in [5, 5.41) is 4.82. The third-order valence-electron chi connectivity index (χ3n) is 5.44. The third-order valence-corrected chi connectivity index (χ3v) is 6.49. The Hall–Kier alpha value is -2.60. The summed E-state index contributed by atoms with van der Waals surface area (Å²) < 4.78 is 3.35. The van der Waals surface area contributed by atoms with Crippen LogP contribution >= 0.6 is 11.3 Å². The number of nitrogens with zero attached hydrogens (tertiary/aromatic N) is 2. The first kappa shape index (κ1) is 17.8. The Morgan fingerprint density at radius 2 is 2.00 bits per heavy atom. The van der Waals surface area contributed by atoms with Gasteiger partial charge in [-0.3, -0.25) is 14.3 Å². The number of hydrogen-bond donors (Lipinski definition) is 1. The first-order valence-electron chi connectivity index (χ1n) is 9.22. The van der Waals surface area contributed by atoms with Gasteiger partial charge in [0.25, 0.3) is 11.5 Å². The number of anilines is 1. The van der Waals surface area contributed by atoms with E-state index in [1.807, 2.05) is 49.7 Å². The van der Waals surface area contributed by atoms with Crippen molar-refractivity contribution in [3.8, 4) is 5.69 Å². The summed E-state index contributed by atoms with van der Waals surface area (Å²) in [4.78, 5) is 27.2. The normalized spacial score (nSPS) is 16.2. The number of carbonyl (C=O) groups is 1. The minimum atomic E-state index is -0.215. The number of fused-ring (bicyclic) bond motifs is 1. The molecule has 0 radical (unpaired) electrons. The molecule has 1 amide bonds. The summed E-state index contributed by atoms with van der Waals surface area (Å²) in [5.41, 5.74) is 3.51. The first-order chi connectivity index (χ1) is 13.0. The quantitative estimate of drug-likeness (QED) is 0.747. The minimum Gasteiger partial charge on any atom is -0.316 e. The van der Waals surface area contributed by atoms with Crippen molar-refractivity contribution in [1.29, 1.82) is 0 Å². The number of amides is 1. The average Bonchev–Trinajstić information content (AvgIpc) is 3.17. The largest absolute Gasteiger partial charge is 0.316 e. The number of hydrogen-bond acceptors (Lipinski definition) is 3. The van der Waals surface area contributed by atoms with E-state index in [4.69, 9.17) is 0 Å². The van der Waals surface area contributed by atoms with E-state index in [1.165, 1.54) is 4.88 Å². The molecule has 5 nitrogen and oxygen atoms in total. The average molecular weight is 382 g/mol. The van der Waals surface area contributed by atoms with Crippen molar-refractivity contribution in [3.05, 3.63) is 67.8 Å². The lowest BCUT2D eigenvalue weighted by molar-refractivity contribution is 0.102. The van der Waals surface area contributed by atoms with Crippen LogP contribution in [-0.2, 0) is 19.9 Å².